The Kier molecular flexibility index (Phi) is 6.00. The van der Waals surface area contributed by atoms with Crippen LogP contribution in [0, 0.1) is 13.8 Å². The molecule has 0 bridgehead atoms. The highest BCUT2D eigenvalue weighted by Crippen LogP contribution is 2.31. The average Bonchev–Trinajstić information content (AvgIpc) is 2.56. The van der Waals surface area contributed by atoms with Crippen molar-refractivity contribution in [2.75, 3.05) is 31.9 Å². The molecule has 0 aliphatic carbocycles. The third-order valence-corrected chi connectivity index (χ3v) is 4.56. The van der Waals surface area contributed by atoms with Gasteiger partial charge in [0.25, 0.3) is 0 Å². The Labute approximate surface area is 154 Å². The number of nitrogens with zero attached hydrogens (tertiary/aromatic N) is 5. The molecule has 8 nitrogen and oxygen atoms in total. The number of carbonyl (C=O) groups is 1. The molecule has 1 aromatic carbocycles. The van der Waals surface area contributed by atoms with Crippen LogP contribution in [0.4, 0.5) is 16.2 Å². The monoisotopic (exact) mass is 360 g/mol. The summed E-state index contributed by atoms with van der Waals surface area (Å²) in [6.07, 6.45) is -0.265. The van der Waals surface area contributed by atoms with E-state index in [0.29, 0.717) is 31.0 Å². The van der Waals surface area contributed by atoms with Crippen LogP contribution < -0.4 is 5.73 Å². The second-order valence-corrected chi connectivity index (χ2v) is 7.65. The number of nitrogens with two attached hydrogens (primary N) is 1. The molecule has 0 aromatic heterocycles. The van der Waals surface area contributed by atoms with E-state index in [-0.39, 0.29) is 6.09 Å². The van der Waals surface area contributed by atoms with Gasteiger partial charge >= 0.3 is 6.09 Å². The Bertz CT molecular complexity index is 726. The molecule has 1 saturated heterocycles. The van der Waals surface area contributed by atoms with E-state index in [4.69, 9.17) is 16.0 Å². The normalized spacial score (nSPS) is 15.5. The molecule has 1 fully saturated rings. The lowest BCUT2D eigenvalue weighted by molar-refractivity contribution is 0.0139. The Morgan fingerprint density at radius 2 is 1.88 bits per heavy atom. The van der Waals surface area contributed by atoms with E-state index >= 15 is 0 Å². The molecule has 0 radical (unpaired) electrons. The fourth-order valence-corrected chi connectivity index (χ4v) is 2.95. The summed E-state index contributed by atoms with van der Waals surface area (Å²) in [5.74, 6) is 0. The number of azide groups is 1. The van der Waals surface area contributed by atoms with Gasteiger partial charge in [-0.05, 0) is 62.9 Å². The van der Waals surface area contributed by atoms with E-state index in [9.17, 15) is 4.79 Å². The lowest BCUT2D eigenvalue weighted by Gasteiger charge is -2.36. The summed E-state index contributed by atoms with van der Waals surface area (Å²) in [7, 11) is 0. The molecule has 1 aliphatic heterocycles. The van der Waals surface area contributed by atoms with Gasteiger partial charge < -0.3 is 15.4 Å². The van der Waals surface area contributed by atoms with Gasteiger partial charge in [-0.15, -0.1) is 0 Å². The second-order valence-electron chi connectivity index (χ2n) is 7.65. The van der Waals surface area contributed by atoms with Gasteiger partial charge in [0.15, 0.2) is 0 Å². The first-order valence-corrected chi connectivity index (χ1v) is 8.76. The second kappa shape index (κ2) is 7.85. The molecule has 1 heterocycles. The third-order valence-electron chi connectivity index (χ3n) is 4.56. The molecular formula is C18H28N6O2. The van der Waals surface area contributed by atoms with Crippen LogP contribution in [0.1, 0.15) is 37.5 Å². The molecule has 2 rings (SSSR count). The van der Waals surface area contributed by atoms with Crippen molar-refractivity contribution >= 4 is 17.5 Å². The molecule has 8 heteroatoms. The molecule has 1 amide bonds. The molecular weight excluding hydrogens is 332 g/mol. The molecule has 0 saturated carbocycles. The smallest absolute Gasteiger partial charge is 0.410 e. The topological polar surface area (TPSA) is 108 Å². The first-order chi connectivity index (χ1) is 12.1. The lowest BCUT2D eigenvalue weighted by atomic mass is 10.0. The lowest BCUT2D eigenvalue weighted by Crippen LogP contribution is -2.49. The summed E-state index contributed by atoms with van der Waals surface area (Å²) in [6.45, 7) is 12.9. The highest BCUT2D eigenvalue weighted by molar-refractivity contribution is 5.68. The van der Waals surface area contributed by atoms with Gasteiger partial charge in [0, 0.05) is 49.0 Å². The highest BCUT2D eigenvalue weighted by atomic mass is 16.6. The number of hydrogen-bond donors (Lipinski definition) is 1. The van der Waals surface area contributed by atoms with E-state index in [1.165, 1.54) is 0 Å². The molecule has 0 atom stereocenters. The first-order valence-electron chi connectivity index (χ1n) is 8.76. The fraction of sp³-hybridized carbons (Fsp3) is 0.611. The van der Waals surface area contributed by atoms with E-state index in [1.54, 1.807) is 4.90 Å². The Morgan fingerprint density at radius 1 is 1.27 bits per heavy atom. The van der Waals surface area contributed by atoms with Crippen molar-refractivity contribution in [2.24, 2.45) is 5.11 Å². The van der Waals surface area contributed by atoms with Crippen molar-refractivity contribution < 1.29 is 9.53 Å². The summed E-state index contributed by atoms with van der Waals surface area (Å²) in [6, 6.07) is 1.90. The SMILES string of the molecule is Cc1c(CN2CCN(C(=O)OC(C)(C)C)CC2)cc(N=[N+]=[N-])c(C)c1N. The molecule has 142 valence electrons. The van der Waals surface area contributed by atoms with Crippen LogP contribution in [-0.4, -0.2) is 47.7 Å². The minimum Gasteiger partial charge on any atom is -0.444 e. The maximum Gasteiger partial charge on any atom is 0.410 e. The zero-order chi connectivity index (χ0) is 19.5. The molecule has 1 aromatic rings. The van der Waals surface area contributed by atoms with Crippen LogP contribution >= 0.6 is 0 Å². The van der Waals surface area contributed by atoms with Gasteiger partial charge in [-0.2, -0.15) is 0 Å². The molecule has 0 spiro atoms. The van der Waals surface area contributed by atoms with Gasteiger partial charge in [-0.25, -0.2) is 4.79 Å². The Morgan fingerprint density at radius 3 is 2.42 bits per heavy atom. The van der Waals surface area contributed by atoms with E-state index in [0.717, 1.165) is 29.8 Å². The van der Waals surface area contributed by atoms with E-state index in [2.05, 4.69) is 14.9 Å². The largest absolute Gasteiger partial charge is 0.444 e. The fourth-order valence-electron chi connectivity index (χ4n) is 2.95. The predicted octanol–water partition coefficient (Wildman–Crippen LogP) is 3.88. The summed E-state index contributed by atoms with van der Waals surface area (Å²) in [5.41, 5.74) is 18.5. The zero-order valence-corrected chi connectivity index (χ0v) is 16.2. The van der Waals surface area contributed by atoms with Crippen molar-refractivity contribution in [1.29, 1.82) is 0 Å². The van der Waals surface area contributed by atoms with Crippen molar-refractivity contribution in [3.63, 3.8) is 0 Å². The first kappa shape index (κ1) is 19.9. The van der Waals surface area contributed by atoms with Crippen molar-refractivity contribution in [3.8, 4) is 0 Å². The number of piperazine rings is 1. The number of hydrogen-bond acceptors (Lipinski definition) is 5. The van der Waals surface area contributed by atoms with Crippen LogP contribution in [0.5, 0.6) is 0 Å². The maximum atomic E-state index is 12.2. The zero-order valence-electron chi connectivity index (χ0n) is 16.2. The summed E-state index contributed by atoms with van der Waals surface area (Å²) in [4.78, 5) is 19.0. The number of amides is 1. The van der Waals surface area contributed by atoms with Crippen LogP contribution in [0.25, 0.3) is 10.4 Å². The van der Waals surface area contributed by atoms with Crippen molar-refractivity contribution in [2.45, 2.75) is 46.8 Å². The van der Waals surface area contributed by atoms with Gasteiger partial charge in [0.2, 0.25) is 0 Å². The number of rotatable bonds is 3. The van der Waals surface area contributed by atoms with Gasteiger partial charge in [0.1, 0.15) is 5.60 Å². The van der Waals surface area contributed by atoms with Crippen LogP contribution in [-0.2, 0) is 11.3 Å². The Hall–Kier alpha value is -2.44. The summed E-state index contributed by atoms with van der Waals surface area (Å²) < 4.78 is 5.43. The summed E-state index contributed by atoms with van der Waals surface area (Å²) in [5, 5.41) is 3.74. The predicted molar refractivity (Wildman–Crippen MR) is 102 cm³/mol. The van der Waals surface area contributed by atoms with Gasteiger partial charge in [0.05, 0.1) is 0 Å². The Balaban J connectivity index is 2.04. The van der Waals surface area contributed by atoms with Crippen molar-refractivity contribution in [1.82, 2.24) is 9.80 Å². The highest BCUT2D eigenvalue weighted by Gasteiger charge is 2.26. The number of nitrogen functional groups attached to an aromatic ring is 1. The minimum absolute atomic E-state index is 0.265. The van der Waals surface area contributed by atoms with E-state index < -0.39 is 5.60 Å². The number of carbonyl (C=O) groups excluding carboxylic acids is 1. The van der Waals surface area contributed by atoms with Gasteiger partial charge in [-0.3, -0.25) is 4.90 Å². The minimum atomic E-state index is -0.484. The van der Waals surface area contributed by atoms with Crippen LogP contribution in [0.2, 0.25) is 0 Å². The summed E-state index contributed by atoms with van der Waals surface area (Å²) >= 11 is 0. The molecule has 0 unspecified atom stereocenters. The number of anilines is 1. The average molecular weight is 360 g/mol. The van der Waals surface area contributed by atoms with Crippen LogP contribution in [0.3, 0.4) is 0 Å². The van der Waals surface area contributed by atoms with Crippen LogP contribution in [0.15, 0.2) is 11.2 Å². The quantitative estimate of drug-likeness (QED) is 0.382. The third kappa shape index (κ3) is 4.80. The van der Waals surface area contributed by atoms with Crippen molar-refractivity contribution in [3.05, 3.63) is 33.2 Å². The molecule has 2 N–H and O–H groups in total. The van der Waals surface area contributed by atoms with Gasteiger partial charge in [-0.1, -0.05) is 5.11 Å². The van der Waals surface area contributed by atoms with E-state index in [1.807, 2.05) is 40.7 Å². The standard InChI is InChI=1S/C18H28N6O2/c1-12-14(10-15(21-22-20)13(2)16(12)19)11-23-6-8-24(9-7-23)17(25)26-18(3,4)5/h10H,6-9,11,19H2,1-5H3. The number of ether oxygens (including phenoxy) is 1. The molecule has 1 aliphatic rings. The maximum absolute atomic E-state index is 12.2. The number of benzene rings is 1. The molecule has 26 heavy (non-hydrogen) atoms.